The Kier molecular flexibility index (Phi) is 3.81. The maximum absolute atomic E-state index is 9.33. The molecule has 0 aliphatic heterocycles. The fourth-order valence-corrected chi connectivity index (χ4v) is 1.36. The van der Waals surface area contributed by atoms with Crippen LogP contribution in [0, 0.1) is 0 Å². The van der Waals surface area contributed by atoms with E-state index in [9.17, 15) is 5.11 Å². The Morgan fingerprint density at radius 2 is 1.81 bits per heavy atom. The van der Waals surface area contributed by atoms with E-state index in [0.717, 1.165) is 0 Å². The molecule has 1 aromatic rings. The molecule has 1 aromatic carbocycles. The molecule has 0 fully saturated rings. The summed E-state index contributed by atoms with van der Waals surface area (Å²) in [5.74, 6) is -0.620. The molecule has 7 N–H and O–H groups in total. The zero-order valence-corrected chi connectivity index (χ0v) is 9.50. The minimum atomic E-state index is -0.242. The predicted molar refractivity (Wildman–Crippen MR) is 65.2 cm³/mol. The van der Waals surface area contributed by atoms with Gasteiger partial charge in [0, 0.05) is 0 Å². The highest BCUT2D eigenvalue weighted by Gasteiger charge is 2.09. The number of phenolic OH excluding ortho intramolecular Hbond substituents is 1. The summed E-state index contributed by atoms with van der Waals surface area (Å²) in [6.45, 7) is 0. The van der Waals surface area contributed by atoms with Crippen LogP contribution >= 0.6 is 23.2 Å². The van der Waals surface area contributed by atoms with Crippen molar-refractivity contribution in [2.75, 3.05) is 0 Å². The molecule has 0 spiro atoms. The lowest BCUT2D eigenvalue weighted by molar-refractivity contribution is 0.476. The van der Waals surface area contributed by atoms with E-state index in [0.29, 0.717) is 0 Å². The Bertz CT molecular complexity index is 468. The summed E-state index contributed by atoms with van der Waals surface area (Å²) < 4.78 is 0. The number of halogens is 2. The molecule has 0 saturated carbocycles. The molecular formula is C8H9Cl2N5O. The number of hydrogen-bond acceptors (Lipinski definition) is 2. The molecular weight excluding hydrogens is 253 g/mol. The summed E-state index contributed by atoms with van der Waals surface area (Å²) in [6.07, 6.45) is 0. The molecule has 0 aliphatic carbocycles. The quantitative estimate of drug-likeness (QED) is 0.443. The molecule has 0 radical (unpaired) electrons. The van der Waals surface area contributed by atoms with Gasteiger partial charge in [0.05, 0.1) is 5.02 Å². The maximum atomic E-state index is 9.33. The fraction of sp³-hybridized carbons (Fsp3) is 0. The Labute approximate surface area is 101 Å². The highest BCUT2D eigenvalue weighted by atomic mass is 35.5. The summed E-state index contributed by atoms with van der Waals surface area (Å²) in [5, 5.41) is 9.53. The molecule has 0 bridgehead atoms. The molecule has 16 heavy (non-hydrogen) atoms. The van der Waals surface area contributed by atoms with Gasteiger partial charge in [0.2, 0.25) is 5.96 Å². The number of aromatic hydroxyl groups is 1. The number of aliphatic imine (C=N–C) groups is 2. The Balaban J connectivity index is 3.24. The van der Waals surface area contributed by atoms with E-state index in [4.69, 9.17) is 40.4 Å². The summed E-state index contributed by atoms with van der Waals surface area (Å²) in [5.41, 5.74) is 15.7. The standard InChI is InChI=1S/C8H9Cl2N5O/c9-3-1-2-4(16)5(10)6(3)14-8(13)15-7(11)12/h1-2,16H,(H6,11,12,13,14,15). The summed E-state index contributed by atoms with van der Waals surface area (Å²) in [7, 11) is 0. The summed E-state index contributed by atoms with van der Waals surface area (Å²) in [6, 6.07) is 2.75. The van der Waals surface area contributed by atoms with E-state index in [1.165, 1.54) is 12.1 Å². The van der Waals surface area contributed by atoms with Crippen molar-refractivity contribution in [1.82, 2.24) is 0 Å². The van der Waals surface area contributed by atoms with Crippen LogP contribution in [0.25, 0.3) is 0 Å². The molecule has 6 nitrogen and oxygen atoms in total. The average molecular weight is 262 g/mol. The number of phenols is 1. The van der Waals surface area contributed by atoms with Crippen molar-refractivity contribution in [3.05, 3.63) is 22.2 Å². The third-order valence-electron chi connectivity index (χ3n) is 1.52. The second-order valence-electron chi connectivity index (χ2n) is 2.74. The number of rotatable bonds is 1. The molecule has 86 valence electrons. The van der Waals surface area contributed by atoms with Crippen LogP contribution in [0.5, 0.6) is 5.75 Å². The third-order valence-corrected chi connectivity index (χ3v) is 2.19. The zero-order chi connectivity index (χ0) is 12.3. The first-order valence-electron chi connectivity index (χ1n) is 4.02. The molecule has 0 saturated heterocycles. The minimum Gasteiger partial charge on any atom is -0.506 e. The second kappa shape index (κ2) is 4.91. The van der Waals surface area contributed by atoms with Gasteiger partial charge in [-0.15, -0.1) is 0 Å². The number of hydrogen-bond donors (Lipinski definition) is 4. The first-order chi connectivity index (χ1) is 7.41. The van der Waals surface area contributed by atoms with E-state index in [2.05, 4.69) is 9.98 Å². The van der Waals surface area contributed by atoms with Crippen LogP contribution in [-0.4, -0.2) is 17.0 Å². The number of nitrogens with zero attached hydrogens (tertiary/aromatic N) is 2. The van der Waals surface area contributed by atoms with Gasteiger partial charge in [-0.2, -0.15) is 4.99 Å². The smallest absolute Gasteiger partial charge is 0.223 e. The topological polar surface area (TPSA) is 123 Å². The van der Waals surface area contributed by atoms with E-state index >= 15 is 0 Å². The molecule has 0 atom stereocenters. The third kappa shape index (κ3) is 2.91. The Morgan fingerprint density at radius 1 is 1.19 bits per heavy atom. The van der Waals surface area contributed by atoms with Gasteiger partial charge < -0.3 is 22.3 Å². The molecule has 0 aromatic heterocycles. The minimum absolute atomic E-state index is 0.0266. The lowest BCUT2D eigenvalue weighted by Crippen LogP contribution is -2.26. The van der Waals surface area contributed by atoms with Crippen molar-refractivity contribution in [3.63, 3.8) is 0 Å². The lowest BCUT2D eigenvalue weighted by Gasteiger charge is -2.03. The number of nitrogens with two attached hydrogens (primary N) is 3. The lowest BCUT2D eigenvalue weighted by atomic mass is 10.3. The molecule has 1 rings (SSSR count). The van der Waals surface area contributed by atoms with Gasteiger partial charge in [0.1, 0.15) is 16.5 Å². The Morgan fingerprint density at radius 3 is 2.38 bits per heavy atom. The molecule has 0 heterocycles. The van der Waals surface area contributed by atoms with Gasteiger partial charge in [0.15, 0.2) is 5.96 Å². The van der Waals surface area contributed by atoms with Gasteiger partial charge in [-0.05, 0) is 12.1 Å². The van der Waals surface area contributed by atoms with Crippen molar-refractivity contribution in [3.8, 4) is 5.75 Å². The second-order valence-corrected chi connectivity index (χ2v) is 3.52. The number of benzene rings is 1. The Hall–Kier alpha value is -1.66. The highest BCUT2D eigenvalue weighted by Crippen LogP contribution is 2.38. The fourth-order valence-electron chi connectivity index (χ4n) is 0.905. The predicted octanol–water partition coefficient (Wildman–Crippen LogP) is 0.919. The van der Waals surface area contributed by atoms with E-state index in [-0.39, 0.29) is 33.4 Å². The van der Waals surface area contributed by atoms with Crippen molar-refractivity contribution in [2.45, 2.75) is 0 Å². The van der Waals surface area contributed by atoms with Crippen LogP contribution in [0.2, 0.25) is 10.0 Å². The van der Waals surface area contributed by atoms with E-state index < -0.39 is 0 Å². The van der Waals surface area contributed by atoms with Crippen LogP contribution in [0.3, 0.4) is 0 Å². The first kappa shape index (κ1) is 12.4. The summed E-state index contributed by atoms with van der Waals surface area (Å²) in [4.78, 5) is 7.27. The number of guanidine groups is 2. The van der Waals surface area contributed by atoms with E-state index in [1.54, 1.807) is 0 Å². The maximum Gasteiger partial charge on any atom is 0.223 e. The van der Waals surface area contributed by atoms with Crippen molar-refractivity contribution in [2.24, 2.45) is 27.2 Å². The first-order valence-corrected chi connectivity index (χ1v) is 4.78. The molecule has 0 aliphatic rings. The van der Waals surface area contributed by atoms with Gasteiger partial charge in [-0.3, -0.25) is 0 Å². The van der Waals surface area contributed by atoms with Gasteiger partial charge in [-0.25, -0.2) is 4.99 Å². The van der Waals surface area contributed by atoms with Gasteiger partial charge in [0.25, 0.3) is 0 Å². The highest BCUT2D eigenvalue weighted by molar-refractivity contribution is 6.39. The van der Waals surface area contributed by atoms with E-state index in [1.807, 2.05) is 0 Å². The largest absolute Gasteiger partial charge is 0.506 e. The normalized spacial score (nSPS) is 11.2. The van der Waals surface area contributed by atoms with Crippen LogP contribution < -0.4 is 17.2 Å². The van der Waals surface area contributed by atoms with Crippen LogP contribution in [0.1, 0.15) is 0 Å². The van der Waals surface area contributed by atoms with Crippen molar-refractivity contribution < 1.29 is 5.11 Å². The monoisotopic (exact) mass is 261 g/mol. The van der Waals surface area contributed by atoms with Gasteiger partial charge >= 0.3 is 0 Å². The van der Waals surface area contributed by atoms with Crippen molar-refractivity contribution in [1.29, 1.82) is 0 Å². The SMILES string of the molecule is NC(N)=NC(N)=Nc1c(Cl)ccc(O)c1Cl. The van der Waals surface area contributed by atoms with Gasteiger partial charge in [-0.1, -0.05) is 23.2 Å². The van der Waals surface area contributed by atoms with Crippen LogP contribution in [-0.2, 0) is 0 Å². The average Bonchev–Trinajstić information content (AvgIpc) is 2.17. The van der Waals surface area contributed by atoms with Crippen LogP contribution in [0.4, 0.5) is 5.69 Å². The zero-order valence-electron chi connectivity index (χ0n) is 7.98. The van der Waals surface area contributed by atoms with Crippen molar-refractivity contribution >= 4 is 40.8 Å². The summed E-state index contributed by atoms with van der Waals surface area (Å²) >= 11 is 11.6. The molecule has 8 heteroatoms. The molecule has 0 unspecified atom stereocenters. The van der Waals surface area contributed by atoms with Crippen LogP contribution in [0.15, 0.2) is 22.1 Å². The molecule has 0 amide bonds.